The molecule has 2 aromatic rings. The van der Waals surface area contributed by atoms with Crippen LogP contribution >= 0.6 is 0 Å². The van der Waals surface area contributed by atoms with Crippen LogP contribution in [0.1, 0.15) is 22.3 Å². The van der Waals surface area contributed by atoms with Gasteiger partial charge in [-0.3, -0.25) is 4.79 Å². The summed E-state index contributed by atoms with van der Waals surface area (Å²) in [6.45, 7) is 6.00. The fourth-order valence-electron chi connectivity index (χ4n) is 2.08. The normalized spacial score (nSPS) is 10.9. The number of benzene rings is 1. The molecule has 0 amide bonds. The molecular weight excluding hydrogens is 204 g/mol. The molecule has 0 radical (unpaired) electrons. The van der Waals surface area contributed by atoms with Gasteiger partial charge in [-0.2, -0.15) is 0 Å². The van der Waals surface area contributed by atoms with Crippen molar-refractivity contribution in [3.63, 3.8) is 0 Å². The molecule has 0 aliphatic heterocycles. The van der Waals surface area contributed by atoms with Gasteiger partial charge in [0.2, 0.25) is 0 Å². The van der Waals surface area contributed by atoms with Gasteiger partial charge < -0.3 is 9.52 Å². The van der Waals surface area contributed by atoms with Gasteiger partial charge in [-0.1, -0.05) is 6.07 Å². The predicted molar refractivity (Wildman–Crippen MR) is 61.8 cm³/mol. The molecule has 0 saturated carbocycles. The first-order valence-corrected chi connectivity index (χ1v) is 5.19. The standard InChI is InChI=1S/C13H14O3/c1-7-4-8(2)12-10(5-11(14)15)6-16-13(12)9(7)3/h4,6H,5H2,1-3H3,(H,14,15). The van der Waals surface area contributed by atoms with Gasteiger partial charge in [-0.25, -0.2) is 0 Å². The first-order valence-electron chi connectivity index (χ1n) is 5.19. The zero-order valence-electron chi connectivity index (χ0n) is 9.63. The van der Waals surface area contributed by atoms with Crippen LogP contribution < -0.4 is 0 Å². The zero-order chi connectivity index (χ0) is 11.9. The summed E-state index contributed by atoms with van der Waals surface area (Å²) >= 11 is 0. The Kier molecular flexibility index (Phi) is 2.46. The second-order valence-electron chi connectivity index (χ2n) is 4.17. The van der Waals surface area contributed by atoms with Gasteiger partial charge in [-0.05, 0) is 37.5 Å². The molecule has 1 aromatic heterocycles. The van der Waals surface area contributed by atoms with Crippen LogP contribution in [0.5, 0.6) is 0 Å². The third kappa shape index (κ3) is 1.58. The third-order valence-electron chi connectivity index (χ3n) is 2.97. The van der Waals surface area contributed by atoms with Crippen molar-refractivity contribution in [3.8, 4) is 0 Å². The van der Waals surface area contributed by atoms with E-state index in [1.165, 1.54) is 5.56 Å². The van der Waals surface area contributed by atoms with Gasteiger partial charge in [0.1, 0.15) is 5.58 Å². The number of fused-ring (bicyclic) bond motifs is 1. The molecule has 0 bridgehead atoms. The van der Waals surface area contributed by atoms with Crippen LogP contribution in [-0.2, 0) is 11.2 Å². The Balaban J connectivity index is 2.72. The van der Waals surface area contributed by atoms with Gasteiger partial charge >= 0.3 is 5.97 Å². The summed E-state index contributed by atoms with van der Waals surface area (Å²) in [7, 11) is 0. The average Bonchev–Trinajstić information content (AvgIpc) is 2.58. The molecule has 2 rings (SSSR count). The van der Waals surface area contributed by atoms with E-state index in [9.17, 15) is 4.79 Å². The molecule has 1 aromatic carbocycles. The number of carboxylic acids is 1. The minimum atomic E-state index is -0.833. The summed E-state index contributed by atoms with van der Waals surface area (Å²) in [6.07, 6.45) is 1.56. The number of aliphatic carboxylic acids is 1. The molecule has 0 aliphatic rings. The summed E-state index contributed by atoms with van der Waals surface area (Å²) in [4.78, 5) is 10.7. The fraction of sp³-hybridized carbons (Fsp3) is 0.308. The van der Waals surface area contributed by atoms with Crippen molar-refractivity contribution < 1.29 is 14.3 Å². The van der Waals surface area contributed by atoms with Gasteiger partial charge in [0, 0.05) is 10.9 Å². The molecule has 1 N–H and O–H groups in total. The number of carbonyl (C=O) groups is 1. The van der Waals surface area contributed by atoms with E-state index in [1.54, 1.807) is 6.26 Å². The van der Waals surface area contributed by atoms with Crippen molar-refractivity contribution >= 4 is 16.9 Å². The summed E-state index contributed by atoms with van der Waals surface area (Å²) < 4.78 is 5.48. The molecule has 0 saturated heterocycles. The number of furan rings is 1. The van der Waals surface area contributed by atoms with Crippen molar-refractivity contribution in [2.75, 3.05) is 0 Å². The highest BCUT2D eigenvalue weighted by Crippen LogP contribution is 2.30. The van der Waals surface area contributed by atoms with Crippen LogP contribution in [0.4, 0.5) is 0 Å². The number of aryl methyl sites for hydroxylation is 3. The Hall–Kier alpha value is -1.77. The van der Waals surface area contributed by atoms with E-state index < -0.39 is 5.97 Å². The Labute approximate surface area is 93.7 Å². The van der Waals surface area contributed by atoms with Crippen LogP contribution in [-0.4, -0.2) is 11.1 Å². The third-order valence-corrected chi connectivity index (χ3v) is 2.97. The van der Waals surface area contributed by atoms with Gasteiger partial charge in [0.05, 0.1) is 12.7 Å². The molecule has 0 atom stereocenters. The maximum absolute atomic E-state index is 10.7. The maximum atomic E-state index is 10.7. The smallest absolute Gasteiger partial charge is 0.307 e. The lowest BCUT2D eigenvalue weighted by Gasteiger charge is -2.04. The number of hydrogen-bond acceptors (Lipinski definition) is 2. The quantitative estimate of drug-likeness (QED) is 0.843. The SMILES string of the molecule is Cc1cc(C)c2c(CC(=O)O)coc2c1C. The van der Waals surface area contributed by atoms with Gasteiger partial charge in [0.25, 0.3) is 0 Å². The van der Waals surface area contributed by atoms with Crippen molar-refractivity contribution in [1.29, 1.82) is 0 Å². The highest BCUT2D eigenvalue weighted by atomic mass is 16.4. The highest BCUT2D eigenvalue weighted by Gasteiger charge is 2.14. The summed E-state index contributed by atoms with van der Waals surface area (Å²) in [5.41, 5.74) is 4.89. The van der Waals surface area contributed by atoms with Gasteiger partial charge in [-0.15, -0.1) is 0 Å². The highest BCUT2D eigenvalue weighted by molar-refractivity contribution is 5.90. The largest absolute Gasteiger partial charge is 0.481 e. The van der Waals surface area contributed by atoms with Crippen LogP contribution in [0.25, 0.3) is 11.0 Å². The molecule has 0 spiro atoms. The molecule has 3 heteroatoms. The Morgan fingerprint density at radius 2 is 2.00 bits per heavy atom. The zero-order valence-corrected chi connectivity index (χ0v) is 9.63. The van der Waals surface area contributed by atoms with Crippen molar-refractivity contribution in [1.82, 2.24) is 0 Å². The van der Waals surface area contributed by atoms with E-state index in [4.69, 9.17) is 9.52 Å². The van der Waals surface area contributed by atoms with E-state index >= 15 is 0 Å². The van der Waals surface area contributed by atoms with Crippen molar-refractivity contribution in [2.45, 2.75) is 27.2 Å². The lowest BCUT2D eigenvalue weighted by molar-refractivity contribution is -0.136. The Morgan fingerprint density at radius 3 is 2.62 bits per heavy atom. The topological polar surface area (TPSA) is 50.4 Å². The Bertz CT molecular complexity index is 564. The lowest BCUT2D eigenvalue weighted by Crippen LogP contribution is -1.99. The van der Waals surface area contributed by atoms with Crippen LogP contribution in [0, 0.1) is 20.8 Å². The summed E-state index contributed by atoms with van der Waals surface area (Å²) in [6, 6.07) is 2.07. The van der Waals surface area contributed by atoms with Gasteiger partial charge in [0.15, 0.2) is 0 Å². The monoisotopic (exact) mass is 218 g/mol. The van der Waals surface area contributed by atoms with E-state index in [1.807, 2.05) is 20.8 Å². The average molecular weight is 218 g/mol. The first-order chi connectivity index (χ1) is 7.50. The first kappa shape index (κ1) is 10.7. The van der Waals surface area contributed by atoms with Crippen molar-refractivity contribution in [3.05, 3.63) is 34.6 Å². The lowest BCUT2D eigenvalue weighted by atomic mass is 9.99. The Morgan fingerprint density at radius 1 is 1.31 bits per heavy atom. The maximum Gasteiger partial charge on any atom is 0.307 e. The van der Waals surface area contributed by atoms with E-state index in [0.717, 1.165) is 27.7 Å². The molecule has 1 heterocycles. The molecule has 84 valence electrons. The predicted octanol–water partition coefficient (Wildman–Crippen LogP) is 2.99. The number of hydrogen-bond donors (Lipinski definition) is 1. The second kappa shape index (κ2) is 3.67. The molecule has 16 heavy (non-hydrogen) atoms. The minimum Gasteiger partial charge on any atom is -0.481 e. The molecule has 0 aliphatic carbocycles. The van der Waals surface area contributed by atoms with E-state index in [2.05, 4.69) is 6.07 Å². The van der Waals surface area contributed by atoms with Crippen LogP contribution in [0.3, 0.4) is 0 Å². The second-order valence-corrected chi connectivity index (χ2v) is 4.17. The summed E-state index contributed by atoms with van der Waals surface area (Å²) in [5, 5.41) is 9.77. The summed E-state index contributed by atoms with van der Waals surface area (Å²) in [5.74, 6) is -0.833. The minimum absolute atomic E-state index is 0.0103. The molecular formula is C13H14O3. The number of rotatable bonds is 2. The van der Waals surface area contributed by atoms with Crippen molar-refractivity contribution in [2.24, 2.45) is 0 Å². The van der Waals surface area contributed by atoms with E-state index in [-0.39, 0.29) is 6.42 Å². The molecule has 0 fully saturated rings. The molecule has 0 unspecified atom stereocenters. The van der Waals surface area contributed by atoms with E-state index in [0.29, 0.717) is 0 Å². The fourth-order valence-corrected chi connectivity index (χ4v) is 2.08. The molecule has 3 nitrogen and oxygen atoms in total. The van der Waals surface area contributed by atoms with Crippen LogP contribution in [0.15, 0.2) is 16.7 Å². The number of carboxylic acid groups (broad SMARTS) is 1. The van der Waals surface area contributed by atoms with Crippen LogP contribution in [0.2, 0.25) is 0 Å².